The molecule has 7 nitrogen and oxygen atoms in total. The van der Waals surface area contributed by atoms with Crippen molar-refractivity contribution < 1.29 is 23.1 Å². The van der Waals surface area contributed by atoms with Gasteiger partial charge in [0.05, 0.1) is 11.9 Å². The molecule has 0 atom stereocenters. The zero-order valence-corrected chi connectivity index (χ0v) is 16.1. The van der Waals surface area contributed by atoms with Gasteiger partial charge in [0.15, 0.2) is 0 Å². The molecule has 0 spiro atoms. The topological polar surface area (TPSA) is 87.5 Å². The van der Waals surface area contributed by atoms with Crippen molar-refractivity contribution in [2.24, 2.45) is 0 Å². The SMILES string of the molecule is O=C(O)C(F)(F)F.O=c1cc(N2CCNCC2)cnn1CCc1ccc(Cl)cc1. The number of piperazine rings is 1. The van der Waals surface area contributed by atoms with Crippen molar-refractivity contribution in [2.45, 2.75) is 19.1 Å². The number of alkyl halides is 3. The number of aromatic nitrogens is 2. The third-order valence-electron chi connectivity index (χ3n) is 4.11. The molecule has 1 aliphatic rings. The predicted molar refractivity (Wildman–Crippen MR) is 102 cm³/mol. The van der Waals surface area contributed by atoms with Gasteiger partial charge in [-0.3, -0.25) is 4.79 Å². The molecule has 158 valence electrons. The number of anilines is 1. The first kappa shape index (κ1) is 22.7. The lowest BCUT2D eigenvalue weighted by atomic mass is 10.1. The average molecular weight is 433 g/mol. The first-order valence-electron chi connectivity index (χ1n) is 8.74. The van der Waals surface area contributed by atoms with Crippen LogP contribution in [0.4, 0.5) is 18.9 Å². The van der Waals surface area contributed by atoms with Crippen LogP contribution < -0.4 is 15.8 Å². The molecule has 2 aromatic rings. The Bertz CT molecular complexity index is 866. The summed E-state index contributed by atoms with van der Waals surface area (Å²) in [6.07, 6.45) is -2.54. The zero-order chi connectivity index (χ0) is 21.4. The summed E-state index contributed by atoms with van der Waals surface area (Å²) in [5.41, 5.74) is 2.00. The molecule has 1 saturated heterocycles. The van der Waals surface area contributed by atoms with Gasteiger partial charge < -0.3 is 15.3 Å². The van der Waals surface area contributed by atoms with Gasteiger partial charge in [0.1, 0.15) is 0 Å². The highest BCUT2D eigenvalue weighted by Gasteiger charge is 2.38. The van der Waals surface area contributed by atoms with Crippen LogP contribution >= 0.6 is 11.6 Å². The minimum absolute atomic E-state index is 0.0509. The Labute approximate surface area is 169 Å². The monoisotopic (exact) mass is 432 g/mol. The van der Waals surface area contributed by atoms with Crippen LogP contribution in [-0.4, -0.2) is 53.2 Å². The van der Waals surface area contributed by atoms with E-state index in [1.165, 1.54) is 4.68 Å². The number of hydrogen-bond donors (Lipinski definition) is 2. The van der Waals surface area contributed by atoms with Crippen molar-refractivity contribution in [2.75, 3.05) is 31.1 Å². The molecular formula is C18H20ClF3N4O3. The lowest BCUT2D eigenvalue weighted by Gasteiger charge is -2.28. The highest BCUT2D eigenvalue weighted by atomic mass is 35.5. The van der Waals surface area contributed by atoms with E-state index in [9.17, 15) is 18.0 Å². The summed E-state index contributed by atoms with van der Waals surface area (Å²) in [4.78, 5) is 23.3. The number of halogens is 4. The molecule has 2 N–H and O–H groups in total. The number of carbonyl (C=O) groups is 1. The van der Waals surface area contributed by atoms with E-state index >= 15 is 0 Å². The number of nitrogens with one attached hydrogen (secondary N) is 1. The van der Waals surface area contributed by atoms with Gasteiger partial charge >= 0.3 is 12.1 Å². The standard InChI is InChI=1S/C16H19ClN4O.C2HF3O2/c17-14-3-1-13(2-4-14)5-8-21-16(22)11-15(12-19-21)20-9-6-18-7-10-20;3-2(4,5)1(6)7/h1-4,11-12,18H,5-10H2;(H,6,7). The molecule has 2 heterocycles. The summed E-state index contributed by atoms with van der Waals surface area (Å²) < 4.78 is 33.3. The number of hydrogen-bond acceptors (Lipinski definition) is 5. The Morgan fingerprint density at radius 1 is 1.21 bits per heavy atom. The van der Waals surface area contributed by atoms with Gasteiger partial charge in [-0.2, -0.15) is 18.3 Å². The third kappa shape index (κ3) is 7.39. The van der Waals surface area contributed by atoms with Crippen LogP contribution in [0.15, 0.2) is 41.3 Å². The number of carboxylic acid groups (broad SMARTS) is 1. The normalized spacial score (nSPS) is 14.1. The molecule has 29 heavy (non-hydrogen) atoms. The number of carboxylic acids is 1. The van der Waals surface area contributed by atoms with E-state index in [1.54, 1.807) is 12.3 Å². The Kier molecular flexibility index (Phi) is 8.03. The largest absolute Gasteiger partial charge is 0.490 e. The van der Waals surface area contributed by atoms with Crippen molar-refractivity contribution >= 4 is 23.3 Å². The summed E-state index contributed by atoms with van der Waals surface area (Å²) in [5.74, 6) is -2.76. The van der Waals surface area contributed by atoms with E-state index in [0.29, 0.717) is 6.54 Å². The van der Waals surface area contributed by atoms with Gasteiger partial charge in [-0.25, -0.2) is 9.48 Å². The smallest absolute Gasteiger partial charge is 0.475 e. The van der Waals surface area contributed by atoms with Gasteiger partial charge in [-0.05, 0) is 24.1 Å². The Morgan fingerprint density at radius 2 is 1.79 bits per heavy atom. The summed E-state index contributed by atoms with van der Waals surface area (Å²) in [6.45, 7) is 4.29. The van der Waals surface area contributed by atoms with Crippen molar-refractivity contribution in [1.29, 1.82) is 0 Å². The second-order valence-electron chi connectivity index (χ2n) is 6.19. The van der Waals surface area contributed by atoms with Crippen molar-refractivity contribution in [1.82, 2.24) is 15.1 Å². The zero-order valence-electron chi connectivity index (χ0n) is 15.3. The molecule has 11 heteroatoms. The van der Waals surface area contributed by atoms with Gasteiger partial charge in [-0.1, -0.05) is 23.7 Å². The molecule has 1 aliphatic heterocycles. The van der Waals surface area contributed by atoms with Crippen molar-refractivity contribution in [3.63, 3.8) is 0 Å². The minimum Gasteiger partial charge on any atom is -0.475 e. The molecule has 0 bridgehead atoms. The summed E-state index contributed by atoms with van der Waals surface area (Å²) in [7, 11) is 0. The fourth-order valence-corrected chi connectivity index (χ4v) is 2.70. The Hall–Kier alpha value is -2.59. The van der Waals surface area contributed by atoms with E-state index in [0.717, 1.165) is 48.9 Å². The van der Waals surface area contributed by atoms with Crippen LogP contribution in [0.25, 0.3) is 0 Å². The van der Waals surface area contributed by atoms with Crippen molar-refractivity contribution in [3.8, 4) is 0 Å². The number of benzene rings is 1. The number of rotatable bonds is 4. The lowest BCUT2D eigenvalue weighted by Crippen LogP contribution is -2.44. The molecular weight excluding hydrogens is 413 g/mol. The Balaban J connectivity index is 0.000000370. The predicted octanol–water partition coefficient (Wildman–Crippen LogP) is 2.18. The van der Waals surface area contributed by atoms with Gasteiger partial charge in [0.2, 0.25) is 0 Å². The average Bonchev–Trinajstić information content (AvgIpc) is 2.69. The quantitative estimate of drug-likeness (QED) is 0.770. The van der Waals surface area contributed by atoms with Crippen molar-refractivity contribution in [3.05, 3.63) is 57.5 Å². The summed E-state index contributed by atoms with van der Waals surface area (Å²) in [5, 5.41) is 15.4. The molecule has 0 saturated carbocycles. The molecule has 1 aromatic heterocycles. The van der Waals surface area contributed by atoms with E-state index in [-0.39, 0.29) is 5.56 Å². The van der Waals surface area contributed by atoms with Gasteiger partial charge in [0.25, 0.3) is 5.56 Å². The Morgan fingerprint density at radius 3 is 2.31 bits per heavy atom. The number of aliphatic carboxylic acids is 1. The van der Waals surface area contributed by atoms with Crippen LogP contribution in [0, 0.1) is 0 Å². The highest BCUT2D eigenvalue weighted by molar-refractivity contribution is 6.30. The molecule has 0 radical (unpaired) electrons. The second-order valence-corrected chi connectivity index (χ2v) is 6.63. The number of aryl methyl sites for hydroxylation is 2. The van der Waals surface area contributed by atoms with E-state index < -0.39 is 12.1 Å². The maximum atomic E-state index is 12.2. The fourth-order valence-electron chi connectivity index (χ4n) is 2.57. The van der Waals surface area contributed by atoms with Crippen LogP contribution in [0.5, 0.6) is 0 Å². The van der Waals surface area contributed by atoms with Crippen LogP contribution in [0.3, 0.4) is 0 Å². The maximum Gasteiger partial charge on any atom is 0.490 e. The molecule has 0 aliphatic carbocycles. The van der Waals surface area contributed by atoms with E-state index in [4.69, 9.17) is 21.5 Å². The molecule has 1 fully saturated rings. The fraction of sp³-hybridized carbons (Fsp3) is 0.389. The lowest BCUT2D eigenvalue weighted by molar-refractivity contribution is -0.192. The van der Waals surface area contributed by atoms with Crippen LogP contribution in [0.2, 0.25) is 5.02 Å². The molecule has 0 amide bonds. The maximum absolute atomic E-state index is 12.2. The van der Waals surface area contributed by atoms with Crippen LogP contribution in [0.1, 0.15) is 5.56 Å². The minimum atomic E-state index is -5.08. The first-order valence-corrected chi connectivity index (χ1v) is 9.12. The van der Waals surface area contributed by atoms with E-state index in [1.807, 2.05) is 24.3 Å². The van der Waals surface area contributed by atoms with Gasteiger partial charge in [0, 0.05) is 43.8 Å². The molecule has 3 rings (SSSR count). The summed E-state index contributed by atoms with van der Waals surface area (Å²) >= 11 is 5.87. The second kappa shape index (κ2) is 10.3. The van der Waals surface area contributed by atoms with Crippen LogP contribution in [-0.2, 0) is 17.8 Å². The molecule has 1 aromatic carbocycles. The molecule has 0 unspecified atom stereocenters. The number of nitrogens with zero attached hydrogens (tertiary/aromatic N) is 3. The summed E-state index contributed by atoms with van der Waals surface area (Å²) in [6, 6.07) is 9.35. The van der Waals surface area contributed by atoms with E-state index in [2.05, 4.69) is 15.3 Å². The first-order chi connectivity index (χ1) is 13.7. The highest BCUT2D eigenvalue weighted by Crippen LogP contribution is 2.13. The van der Waals surface area contributed by atoms with Gasteiger partial charge in [-0.15, -0.1) is 0 Å². The third-order valence-corrected chi connectivity index (χ3v) is 4.36.